The monoisotopic (exact) mass is 426 g/mol. The number of aromatic nitrogens is 1. The van der Waals surface area contributed by atoms with E-state index in [4.69, 9.17) is 4.74 Å². The molecule has 1 aromatic heterocycles. The van der Waals surface area contributed by atoms with Gasteiger partial charge >= 0.3 is 0 Å². The summed E-state index contributed by atoms with van der Waals surface area (Å²) in [6.07, 6.45) is 0. The van der Waals surface area contributed by atoms with Crippen LogP contribution in [-0.2, 0) is 7.05 Å². The molecular weight excluding hydrogens is 394 g/mol. The highest BCUT2D eigenvalue weighted by Gasteiger charge is 2.38. The largest absolute Gasteiger partial charge is 0.450 e. The van der Waals surface area contributed by atoms with Gasteiger partial charge in [0.1, 0.15) is 12.8 Å². The zero-order valence-corrected chi connectivity index (χ0v) is 21.0. The van der Waals surface area contributed by atoms with Crippen LogP contribution in [0.4, 0.5) is 0 Å². The van der Waals surface area contributed by atoms with Crippen molar-refractivity contribution < 1.29 is 9.30 Å². The summed E-state index contributed by atoms with van der Waals surface area (Å²) in [5, 5.41) is 5.29. The van der Waals surface area contributed by atoms with Crippen molar-refractivity contribution >= 4 is 34.9 Å². The Balaban J connectivity index is 2.04. The summed E-state index contributed by atoms with van der Waals surface area (Å²) in [4.78, 5) is 0. The molecule has 3 aromatic carbocycles. The molecule has 0 radical (unpaired) electrons. The molecule has 0 aliphatic carbocycles. The van der Waals surface area contributed by atoms with E-state index in [-0.39, 0.29) is 0 Å². The van der Waals surface area contributed by atoms with Crippen LogP contribution in [0.2, 0.25) is 19.6 Å². The molecule has 1 aliphatic heterocycles. The number of para-hydroxylation sites is 1. The number of hydrogen-bond acceptors (Lipinski definition) is 1. The van der Waals surface area contributed by atoms with E-state index in [1.807, 2.05) is 0 Å². The van der Waals surface area contributed by atoms with Crippen LogP contribution in [0.3, 0.4) is 0 Å². The van der Waals surface area contributed by atoms with E-state index < -0.39 is 8.07 Å². The predicted molar refractivity (Wildman–Crippen MR) is 135 cm³/mol. The Labute approximate surface area is 186 Å². The third kappa shape index (κ3) is 2.86. The highest BCUT2D eigenvalue weighted by Crippen LogP contribution is 2.48. The molecule has 31 heavy (non-hydrogen) atoms. The second-order valence-electron chi connectivity index (χ2n) is 10.4. The van der Waals surface area contributed by atoms with E-state index in [0.717, 1.165) is 11.5 Å². The SMILES string of the molecule is Cc1cc2cc(C(C)C)cc3c2c(c1C)-c1c(c([Si](C)(C)C)c2ccccc2[n+]1C)O3. The molecule has 0 saturated heterocycles. The lowest BCUT2D eigenvalue weighted by atomic mass is 9.88. The van der Waals surface area contributed by atoms with Crippen LogP contribution in [0, 0.1) is 13.8 Å². The summed E-state index contributed by atoms with van der Waals surface area (Å²) in [7, 11) is 0.485. The molecule has 0 saturated carbocycles. The van der Waals surface area contributed by atoms with E-state index in [1.165, 1.54) is 54.8 Å². The average Bonchev–Trinajstić information content (AvgIpc) is 2.70. The molecule has 2 heterocycles. The Hall–Kier alpha value is -2.65. The van der Waals surface area contributed by atoms with Crippen LogP contribution in [0.25, 0.3) is 32.9 Å². The lowest BCUT2D eigenvalue weighted by molar-refractivity contribution is -0.633. The number of fused-ring (bicyclic) bond motifs is 3. The van der Waals surface area contributed by atoms with Crippen molar-refractivity contribution in [1.29, 1.82) is 0 Å². The van der Waals surface area contributed by atoms with Gasteiger partial charge in [-0.25, -0.2) is 0 Å². The van der Waals surface area contributed by atoms with Crippen LogP contribution in [-0.4, -0.2) is 8.07 Å². The molecule has 5 rings (SSSR count). The quantitative estimate of drug-likeness (QED) is 0.222. The number of nitrogens with zero attached hydrogens (tertiary/aromatic N) is 1. The molecular formula is C28H32NOSi+. The maximum Gasteiger partial charge on any atom is 0.256 e. The van der Waals surface area contributed by atoms with Gasteiger partial charge in [0, 0.05) is 22.0 Å². The Kier molecular flexibility index (Phi) is 4.36. The molecule has 2 nitrogen and oxygen atoms in total. The van der Waals surface area contributed by atoms with E-state index in [9.17, 15) is 0 Å². The first-order valence-corrected chi connectivity index (χ1v) is 14.8. The number of pyridine rings is 1. The third-order valence-corrected chi connectivity index (χ3v) is 8.92. The van der Waals surface area contributed by atoms with Crippen molar-refractivity contribution in [3.05, 3.63) is 59.2 Å². The minimum Gasteiger partial charge on any atom is -0.450 e. The fourth-order valence-corrected chi connectivity index (χ4v) is 7.07. The number of rotatable bonds is 2. The Morgan fingerprint density at radius 1 is 0.968 bits per heavy atom. The van der Waals surface area contributed by atoms with E-state index >= 15 is 0 Å². The van der Waals surface area contributed by atoms with Crippen LogP contribution >= 0.6 is 0 Å². The lowest BCUT2D eigenvalue weighted by Crippen LogP contribution is -2.45. The average molecular weight is 427 g/mol. The second-order valence-corrected chi connectivity index (χ2v) is 15.4. The van der Waals surface area contributed by atoms with Gasteiger partial charge in [0.25, 0.3) is 5.69 Å². The molecule has 3 heteroatoms. The molecule has 158 valence electrons. The van der Waals surface area contributed by atoms with E-state index in [0.29, 0.717) is 5.92 Å². The molecule has 0 amide bonds. The molecule has 1 aliphatic rings. The van der Waals surface area contributed by atoms with Gasteiger partial charge in [0.2, 0.25) is 5.52 Å². The van der Waals surface area contributed by atoms with Gasteiger partial charge < -0.3 is 4.74 Å². The van der Waals surface area contributed by atoms with Crippen molar-refractivity contribution in [2.24, 2.45) is 7.05 Å². The van der Waals surface area contributed by atoms with Crippen molar-refractivity contribution in [3.8, 4) is 22.8 Å². The first-order valence-electron chi connectivity index (χ1n) is 11.3. The normalized spacial score (nSPS) is 13.1. The molecule has 0 fully saturated rings. The van der Waals surface area contributed by atoms with Gasteiger partial charge in [-0.2, -0.15) is 4.57 Å². The summed E-state index contributed by atoms with van der Waals surface area (Å²) in [6, 6.07) is 15.8. The second kappa shape index (κ2) is 6.67. The van der Waals surface area contributed by atoms with Gasteiger partial charge in [-0.05, 0) is 54.0 Å². The summed E-state index contributed by atoms with van der Waals surface area (Å²) < 4.78 is 9.25. The molecule has 0 atom stereocenters. The van der Waals surface area contributed by atoms with Crippen LogP contribution in [0.5, 0.6) is 11.5 Å². The summed E-state index contributed by atoms with van der Waals surface area (Å²) >= 11 is 0. The van der Waals surface area contributed by atoms with Gasteiger partial charge in [0.15, 0.2) is 5.75 Å². The number of benzene rings is 3. The van der Waals surface area contributed by atoms with Gasteiger partial charge in [0.05, 0.1) is 13.6 Å². The maximum atomic E-state index is 6.90. The number of ether oxygens (including phenoxy) is 1. The number of hydrogen-bond donors (Lipinski definition) is 0. The van der Waals surface area contributed by atoms with Crippen molar-refractivity contribution in [3.63, 3.8) is 0 Å². The van der Waals surface area contributed by atoms with Crippen molar-refractivity contribution in [1.82, 2.24) is 0 Å². The molecule has 0 bridgehead atoms. The minimum absolute atomic E-state index is 0.458. The highest BCUT2D eigenvalue weighted by molar-refractivity contribution is 6.91. The number of aryl methyl sites for hydroxylation is 2. The highest BCUT2D eigenvalue weighted by atomic mass is 28.3. The first-order chi connectivity index (χ1) is 14.6. The lowest BCUT2D eigenvalue weighted by Gasteiger charge is -2.29. The molecule has 0 N–H and O–H groups in total. The van der Waals surface area contributed by atoms with Crippen LogP contribution < -0.4 is 14.5 Å². The van der Waals surface area contributed by atoms with Crippen LogP contribution in [0.15, 0.2) is 42.5 Å². The molecule has 4 aromatic rings. The summed E-state index contributed by atoms with van der Waals surface area (Å²) in [6.45, 7) is 16.3. The third-order valence-electron chi connectivity index (χ3n) is 6.92. The van der Waals surface area contributed by atoms with Crippen molar-refractivity contribution in [2.75, 3.05) is 0 Å². The first kappa shape index (κ1) is 20.3. The molecule has 0 unspecified atom stereocenters. The topological polar surface area (TPSA) is 13.1 Å². The standard InChI is InChI=1S/C28H32NOSi/c1-16(2)19-14-20-13-17(3)18(4)24-25(20)23(15-19)30-27-26(24)29(5)22-12-10-9-11-21(22)28(27)31(6,7)8/h9-16H,1-8H3/q+1. The summed E-state index contributed by atoms with van der Waals surface area (Å²) in [5.41, 5.74) is 7.87. The minimum atomic E-state index is -1.71. The maximum absolute atomic E-state index is 6.90. The fraction of sp³-hybridized carbons (Fsp3) is 0.321. The Morgan fingerprint density at radius 3 is 2.35 bits per heavy atom. The Bertz CT molecular complexity index is 1390. The summed E-state index contributed by atoms with van der Waals surface area (Å²) in [5.74, 6) is 2.55. The van der Waals surface area contributed by atoms with E-state index in [1.54, 1.807) is 0 Å². The fourth-order valence-electron chi connectivity index (χ4n) is 5.20. The Morgan fingerprint density at radius 2 is 1.68 bits per heavy atom. The van der Waals surface area contributed by atoms with Crippen LogP contribution in [0.1, 0.15) is 36.5 Å². The van der Waals surface area contributed by atoms with Gasteiger partial charge in [-0.3, -0.25) is 0 Å². The zero-order valence-electron chi connectivity index (χ0n) is 20.0. The molecule has 0 spiro atoms. The van der Waals surface area contributed by atoms with Gasteiger partial charge in [-0.1, -0.05) is 57.8 Å². The van der Waals surface area contributed by atoms with Gasteiger partial charge in [-0.15, -0.1) is 0 Å². The smallest absolute Gasteiger partial charge is 0.256 e. The van der Waals surface area contributed by atoms with E-state index in [2.05, 4.69) is 101 Å². The predicted octanol–water partition coefficient (Wildman–Crippen LogP) is 6.88. The van der Waals surface area contributed by atoms with Crippen molar-refractivity contribution in [2.45, 2.75) is 53.3 Å². The zero-order chi connectivity index (χ0) is 22.2.